The van der Waals surface area contributed by atoms with Crippen molar-refractivity contribution in [2.24, 2.45) is 0 Å². The average Bonchev–Trinajstić information content (AvgIpc) is 2.46. The fourth-order valence-corrected chi connectivity index (χ4v) is 1.36. The fourth-order valence-electron chi connectivity index (χ4n) is 1.36. The Balaban J connectivity index is 2.51. The zero-order valence-electron chi connectivity index (χ0n) is 10.9. The number of aliphatic carboxylic acids is 1. The largest absolute Gasteiger partial charge is 0.479 e. The molecule has 0 radical (unpaired) electrons. The lowest BCUT2D eigenvalue weighted by atomic mass is 10.1. The number of methoxy groups -OCH3 is 1. The Morgan fingerprint density at radius 2 is 2.10 bits per heavy atom. The summed E-state index contributed by atoms with van der Waals surface area (Å²) in [6.45, 7) is -0.109. The number of hydrogen-bond donors (Lipinski definition) is 2. The average molecular weight is 274 g/mol. The number of benzene rings is 1. The Hall–Kier alpha value is -2.65. The van der Waals surface area contributed by atoms with E-state index in [9.17, 15) is 9.59 Å². The van der Waals surface area contributed by atoms with E-state index in [1.807, 2.05) is 6.07 Å². The normalized spacial score (nSPS) is 11.8. The number of rotatable bonds is 6. The van der Waals surface area contributed by atoms with Crippen molar-refractivity contribution in [2.75, 3.05) is 13.7 Å². The molecule has 0 spiro atoms. The number of nitrogens with one attached hydrogen (secondary N) is 1. The van der Waals surface area contributed by atoms with Gasteiger partial charge in [-0.25, -0.2) is 4.79 Å². The van der Waals surface area contributed by atoms with E-state index < -0.39 is 18.0 Å². The van der Waals surface area contributed by atoms with Crippen LogP contribution in [0.15, 0.2) is 30.3 Å². The second kappa shape index (κ2) is 7.71. The summed E-state index contributed by atoms with van der Waals surface area (Å²) in [7, 11) is 1.26. The Morgan fingerprint density at radius 3 is 2.60 bits per heavy atom. The molecule has 0 fully saturated rings. The van der Waals surface area contributed by atoms with E-state index in [-0.39, 0.29) is 6.54 Å². The number of carboxylic acid groups (broad SMARTS) is 1. The fraction of sp³-hybridized carbons (Fsp3) is 0.214. The summed E-state index contributed by atoms with van der Waals surface area (Å²) < 4.78 is 4.68. The van der Waals surface area contributed by atoms with Crippen LogP contribution in [0.3, 0.4) is 0 Å². The van der Waals surface area contributed by atoms with Gasteiger partial charge in [0, 0.05) is 13.2 Å². The third-order valence-electron chi connectivity index (χ3n) is 2.49. The molecule has 2 N–H and O–H groups in total. The molecule has 6 heteroatoms. The summed E-state index contributed by atoms with van der Waals surface area (Å²) in [6, 6.07) is 8.69. The highest BCUT2D eigenvalue weighted by Crippen LogP contribution is 2.04. The maximum absolute atomic E-state index is 11.5. The summed E-state index contributed by atoms with van der Waals surface area (Å²) in [5, 5.41) is 19.8. The van der Waals surface area contributed by atoms with Crippen LogP contribution >= 0.6 is 0 Å². The number of nitriles is 1. The zero-order chi connectivity index (χ0) is 15.0. The number of ether oxygens (including phenoxy) is 1. The molecule has 0 aliphatic heterocycles. The van der Waals surface area contributed by atoms with Crippen LogP contribution in [0, 0.1) is 11.3 Å². The molecule has 6 nitrogen and oxygen atoms in total. The van der Waals surface area contributed by atoms with E-state index in [1.165, 1.54) is 13.2 Å². The van der Waals surface area contributed by atoms with Crippen LogP contribution in [0.2, 0.25) is 0 Å². The predicted octanol–water partition coefficient (Wildman–Crippen LogP) is 0.787. The van der Waals surface area contributed by atoms with Gasteiger partial charge >= 0.3 is 5.97 Å². The molecular weight excluding hydrogens is 260 g/mol. The van der Waals surface area contributed by atoms with Crippen molar-refractivity contribution in [1.29, 1.82) is 5.26 Å². The first-order valence-corrected chi connectivity index (χ1v) is 5.78. The standard InChI is InChI=1S/C14H14N2O4/c1-20-12(14(18)19)9-16-13(17)7-6-10-2-4-11(8-15)5-3-10/h2-7,12H,9H2,1H3,(H,16,17)(H,18,19)/b7-6+. The first-order valence-electron chi connectivity index (χ1n) is 5.78. The molecule has 0 bridgehead atoms. The van der Waals surface area contributed by atoms with Gasteiger partial charge in [0.05, 0.1) is 18.2 Å². The van der Waals surface area contributed by atoms with Crippen molar-refractivity contribution in [3.05, 3.63) is 41.5 Å². The summed E-state index contributed by atoms with van der Waals surface area (Å²) >= 11 is 0. The maximum atomic E-state index is 11.5. The predicted molar refractivity (Wildman–Crippen MR) is 71.6 cm³/mol. The van der Waals surface area contributed by atoms with Crippen LogP contribution in [0.1, 0.15) is 11.1 Å². The Bertz CT molecular complexity index is 543. The minimum atomic E-state index is -1.14. The Labute approximate surface area is 116 Å². The van der Waals surface area contributed by atoms with Gasteiger partial charge < -0.3 is 15.2 Å². The molecule has 0 heterocycles. The molecule has 1 atom stereocenters. The SMILES string of the molecule is COC(CNC(=O)/C=C/c1ccc(C#N)cc1)C(=O)O. The molecule has 104 valence electrons. The second-order valence-electron chi connectivity index (χ2n) is 3.87. The monoisotopic (exact) mass is 274 g/mol. The molecule has 0 aliphatic rings. The van der Waals surface area contributed by atoms with Gasteiger partial charge in [-0.05, 0) is 23.8 Å². The number of nitrogens with zero attached hydrogens (tertiary/aromatic N) is 1. The summed E-state index contributed by atoms with van der Waals surface area (Å²) in [5.74, 6) is -1.55. The molecule has 1 unspecified atom stereocenters. The molecule has 1 aromatic carbocycles. The van der Waals surface area contributed by atoms with E-state index in [2.05, 4.69) is 10.1 Å². The summed E-state index contributed by atoms with van der Waals surface area (Å²) in [6.07, 6.45) is 1.79. The number of hydrogen-bond acceptors (Lipinski definition) is 4. The van der Waals surface area contributed by atoms with Gasteiger partial charge in [0.2, 0.25) is 5.91 Å². The van der Waals surface area contributed by atoms with Gasteiger partial charge in [-0.3, -0.25) is 4.79 Å². The quantitative estimate of drug-likeness (QED) is 0.747. The highest BCUT2D eigenvalue weighted by Gasteiger charge is 2.16. The Morgan fingerprint density at radius 1 is 1.45 bits per heavy atom. The van der Waals surface area contributed by atoms with Crippen LogP contribution in [-0.4, -0.2) is 36.7 Å². The molecule has 0 saturated carbocycles. The molecular formula is C14H14N2O4. The van der Waals surface area contributed by atoms with Crippen LogP contribution < -0.4 is 5.32 Å². The van der Waals surface area contributed by atoms with E-state index in [1.54, 1.807) is 30.3 Å². The van der Waals surface area contributed by atoms with Crippen LogP contribution in [0.4, 0.5) is 0 Å². The molecule has 0 aromatic heterocycles. The van der Waals surface area contributed by atoms with Crippen molar-refractivity contribution < 1.29 is 19.4 Å². The lowest BCUT2D eigenvalue weighted by Crippen LogP contribution is -2.37. The van der Waals surface area contributed by atoms with Crippen molar-refractivity contribution in [3.63, 3.8) is 0 Å². The second-order valence-corrected chi connectivity index (χ2v) is 3.87. The molecule has 0 saturated heterocycles. The van der Waals surface area contributed by atoms with E-state index >= 15 is 0 Å². The first-order chi connectivity index (χ1) is 9.56. The minimum absolute atomic E-state index is 0.109. The molecule has 1 rings (SSSR count). The zero-order valence-corrected chi connectivity index (χ0v) is 10.9. The van der Waals surface area contributed by atoms with Gasteiger partial charge in [0.1, 0.15) is 0 Å². The highest BCUT2D eigenvalue weighted by atomic mass is 16.5. The summed E-state index contributed by atoms with van der Waals surface area (Å²) in [4.78, 5) is 22.1. The number of carbonyl (C=O) groups excluding carboxylic acids is 1. The lowest BCUT2D eigenvalue weighted by Gasteiger charge is -2.09. The smallest absolute Gasteiger partial charge is 0.334 e. The van der Waals surface area contributed by atoms with Crippen molar-refractivity contribution in [1.82, 2.24) is 5.32 Å². The van der Waals surface area contributed by atoms with Gasteiger partial charge in [0.25, 0.3) is 0 Å². The number of amides is 1. The molecule has 1 amide bonds. The maximum Gasteiger partial charge on any atom is 0.334 e. The summed E-state index contributed by atoms with van der Waals surface area (Å²) in [5.41, 5.74) is 1.30. The number of carbonyl (C=O) groups is 2. The van der Waals surface area contributed by atoms with Crippen LogP contribution in [0.25, 0.3) is 6.08 Å². The lowest BCUT2D eigenvalue weighted by molar-refractivity contribution is -0.148. The van der Waals surface area contributed by atoms with Gasteiger partial charge in [-0.15, -0.1) is 0 Å². The molecule has 0 aliphatic carbocycles. The molecule has 1 aromatic rings. The first kappa shape index (κ1) is 15.4. The topological polar surface area (TPSA) is 99.4 Å². The van der Waals surface area contributed by atoms with Crippen molar-refractivity contribution >= 4 is 18.0 Å². The third-order valence-corrected chi connectivity index (χ3v) is 2.49. The van der Waals surface area contributed by atoms with Crippen LogP contribution in [-0.2, 0) is 14.3 Å². The Kier molecular flexibility index (Phi) is 5.94. The van der Waals surface area contributed by atoms with Gasteiger partial charge in [0.15, 0.2) is 6.10 Å². The van der Waals surface area contributed by atoms with E-state index in [0.717, 1.165) is 5.56 Å². The van der Waals surface area contributed by atoms with Gasteiger partial charge in [-0.2, -0.15) is 5.26 Å². The number of carboxylic acids is 1. The highest BCUT2D eigenvalue weighted by molar-refractivity contribution is 5.92. The van der Waals surface area contributed by atoms with E-state index in [4.69, 9.17) is 10.4 Å². The minimum Gasteiger partial charge on any atom is -0.479 e. The van der Waals surface area contributed by atoms with Crippen molar-refractivity contribution in [2.45, 2.75) is 6.10 Å². The molecule has 20 heavy (non-hydrogen) atoms. The van der Waals surface area contributed by atoms with Crippen molar-refractivity contribution in [3.8, 4) is 6.07 Å². The third kappa shape index (κ3) is 4.92. The van der Waals surface area contributed by atoms with E-state index in [0.29, 0.717) is 5.56 Å². The van der Waals surface area contributed by atoms with Crippen LogP contribution in [0.5, 0.6) is 0 Å². The van der Waals surface area contributed by atoms with Gasteiger partial charge in [-0.1, -0.05) is 12.1 Å².